The van der Waals surface area contributed by atoms with Crippen molar-refractivity contribution in [2.45, 2.75) is 11.4 Å². The molecule has 168 valence electrons. The molecule has 3 aromatic rings. The monoisotopic (exact) mass is 465 g/mol. The van der Waals surface area contributed by atoms with Crippen molar-refractivity contribution >= 4 is 28.1 Å². The highest BCUT2D eigenvalue weighted by Gasteiger charge is 2.34. The number of aromatic hydroxyl groups is 1. The number of nitrogens with zero attached hydrogens (tertiary/aromatic N) is 2. The summed E-state index contributed by atoms with van der Waals surface area (Å²) in [5, 5.41) is 13.3. The van der Waals surface area contributed by atoms with Crippen LogP contribution in [0.1, 0.15) is 31.8 Å². The minimum atomic E-state index is -3.94. The number of imide groups is 1. The number of phenols is 1. The van der Waals surface area contributed by atoms with Gasteiger partial charge in [0.15, 0.2) is 11.5 Å². The van der Waals surface area contributed by atoms with E-state index in [1.807, 2.05) is 0 Å². The molecule has 0 aliphatic carbocycles. The number of hydrogen-bond donors (Lipinski definition) is 2. The molecule has 0 saturated carbocycles. The van der Waals surface area contributed by atoms with Gasteiger partial charge in [-0.1, -0.05) is 24.3 Å². The molecule has 33 heavy (non-hydrogen) atoms. The Hall–Kier alpha value is -4.18. The smallest absolute Gasteiger partial charge is 0.276 e. The molecule has 10 heteroatoms. The number of amides is 2. The van der Waals surface area contributed by atoms with Crippen LogP contribution in [0.15, 0.2) is 76.7 Å². The van der Waals surface area contributed by atoms with Gasteiger partial charge in [0.05, 0.1) is 35.9 Å². The van der Waals surface area contributed by atoms with E-state index in [1.54, 1.807) is 30.3 Å². The van der Waals surface area contributed by atoms with E-state index in [0.717, 1.165) is 4.90 Å². The molecule has 0 bridgehead atoms. The van der Waals surface area contributed by atoms with E-state index in [1.165, 1.54) is 49.7 Å². The molecule has 1 aliphatic heterocycles. The highest BCUT2D eigenvalue weighted by atomic mass is 32.2. The third-order valence-electron chi connectivity index (χ3n) is 5.04. The number of hydrogen-bond acceptors (Lipinski definition) is 7. The van der Waals surface area contributed by atoms with E-state index in [4.69, 9.17) is 4.74 Å². The number of rotatable bonds is 7. The lowest BCUT2D eigenvalue weighted by molar-refractivity contribution is 0.0642. The van der Waals surface area contributed by atoms with Gasteiger partial charge in [-0.15, -0.1) is 0 Å². The summed E-state index contributed by atoms with van der Waals surface area (Å²) in [6.07, 6.45) is 1.27. The molecule has 1 aliphatic rings. The number of carbonyl (C=O) groups is 2. The Morgan fingerprint density at radius 2 is 1.64 bits per heavy atom. The molecule has 0 atom stereocenters. The SMILES string of the molecule is COc1cc(/C=N/NS(=O)(=O)c2ccc(CN3C(=O)c4ccccc4C3=O)cc2)ccc1O. The summed E-state index contributed by atoms with van der Waals surface area (Å²) in [6.45, 7) is 0.0287. The molecule has 1 heterocycles. The number of hydrazone groups is 1. The fraction of sp³-hybridized carbons (Fsp3) is 0.0870. The summed E-state index contributed by atoms with van der Waals surface area (Å²) in [5.41, 5.74) is 1.83. The van der Waals surface area contributed by atoms with Gasteiger partial charge < -0.3 is 9.84 Å². The molecule has 0 fully saturated rings. The summed E-state index contributed by atoms with van der Waals surface area (Å²) >= 11 is 0. The van der Waals surface area contributed by atoms with Crippen LogP contribution >= 0.6 is 0 Å². The van der Waals surface area contributed by atoms with Crippen LogP contribution in [0.2, 0.25) is 0 Å². The average molecular weight is 465 g/mol. The molecular formula is C23H19N3O6S. The Bertz CT molecular complexity index is 1330. The lowest BCUT2D eigenvalue weighted by Crippen LogP contribution is -2.29. The molecule has 3 aromatic carbocycles. The van der Waals surface area contributed by atoms with E-state index in [-0.39, 0.29) is 34.8 Å². The molecule has 0 aromatic heterocycles. The van der Waals surface area contributed by atoms with Crippen LogP contribution in [0, 0.1) is 0 Å². The van der Waals surface area contributed by atoms with Crippen molar-refractivity contribution in [1.29, 1.82) is 0 Å². The lowest BCUT2D eigenvalue weighted by Gasteiger charge is -2.14. The second kappa shape index (κ2) is 8.75. The molecule has 9 nitrogen and oxygen atoms in total. The van der Waals surface area contributed by atoms with Crippen molar-refractivity contribution in [3.8, 4) is 11.5 Å². The first-order chi connectivity index (χ1) is 15.8. The molecule has 4 rings (SSSR count). The number of methoxy groups -OCH3 is 1. The zero-order chi connectivity index (χ0) is 23.6. The van der Waals surface area contributed by atoms with Gasteiger partial charge in [0.1, 0.15) is 0 Å². The zero-order valence-electron chi connectivity index (χ0n) is 17.4. The maximum atomic E-state index is 12.5. The fourth-order valence-corrected chi connectivity index (χ4v) is 4.13. The van der Waals surface area contributed by atoms with Gasteiger partial charge in [-0.25, -0.2) is 4.83 Å². The average Bonchev–Trinajstić information content (AvgIpc) is 3.05. The van der Waals surface area contributed by atoms with E-state index in [9.17, 15) is 23.1 Å². The largest absolute Gasteiger partial charge is 0.504 e. The van der Waals surface area contributed by atoms with Gasteiger partial charge in [-0.3, -0.25) is 14.5 Å². The summed E-state index contributed by atoms with van der Waals surface area (Å²) in [5.74, 6) is -0.574. The minimum absolute atomic E-state index is 0.0287. The molecule has 2 N–H and O–H groups in total. The summed E-state index contributed by atoms with van der Waals surface area (Å²) in [4.78, 5) is 28.2. The number of ether oxygens (including phenoxy) is 1. The molecule has 0 spiro atoms. The number of benzene rings is 3. The van der Waals surface area contributed by atoms with Crippen molar-refractivity contribution in [2.75, 3.05) is 7.11 Å². The zero-order valence-corrected chi connectivity index (χ0v) is 18.2. The van der Waals surface area contributed by atoms with Gasteiger partial charge in [0.25, 0.3) is 21.8 Å². The van der Waals surface area contributed by atoms with E-state index in [0.29, 0.717) is 22.3 Å². The summed E-state index contributed by atoms with van der Waals surface area (Å²) in [7, 11) is -2.54. The third-order valence-corrected chi connectivity index (χ3v) is 6.28. The van der Waals surface area contributed by atoms with E-state index >= 15 is 0 Å². The van der Waals surface area contributed by atoms with Crippen molar-refractivity contribution in [3.05, 3.63) is 89.0 Å². The summed E-state index contributed by atoms with van der Waals surface area (Å²) in [6, 6.07) is 16.9. The van der Waals surface area contributed by atoms with Crippen LogP contribution in [0.5, 0.6) is 11.5 Å². The predicted octanol–water partition coefficient (Wildman–Crippen LogP) is 2.51. The first-order valence-corrected chi connectivity index (χ1v) is 11.2. The molecule has 0 saturated heterocycles. The first kappa shape index (κ1) is 22.0. The number of nitrogens with one attached hydrogen (secondary N) is 1. The topological polar surface area (TPSA) is 125 Å². The van der Waals surface area contributed by atoms with Crippen LogP contribution in [0.3, 0.4) is 0 Å². The molecule has 0 radical (unpaired) electrons. The van der Waals surface area contributed by atoms with Gasteiger partial charge in [-0.05, 0) is 53.6 Å². The Morgan fingerprint density at radius 1 is 1.00 bits per heavy atom. The van der Waals surface area contributed by atoms with Crippen LogP contribution in [-0.4, -0.2) is 43.6 Å². The number of phenolic OH excluding ortho intramolecular Hbond substituents is 1. The third kappa shape index (κ3) is 4.41. The van der Waals surface area contributed by atoms with Gasteiger partial charge >= 0.3 is 0 Å². The lowest BCUT2D eigenvalue weighted by atomic mass is 10.1. The number of fused-ring (bicyclic) bond motifs is 1. The fourth-order valence-electron chi connectivity index (χ4n) is 3.34. The number of carbonyl (C=O) groups excluding carboxylic acids is 2. The quantitative estimate of drug-likeness (QED) is 0.314. The predicted molar refractivity (Wildman–Crippen MR) is 120 cm³/mol. The Balaban J connectivity index is 1.43. The van der Waals surface area contributed by atoms with Gasteiger partial charge in [-0.2, -0.15) is 13.5 Å². The highest BCUT2D eigenvalue weighted by Crippen LogP contribution is 2.26. The van der Waals surface area contributed by atoms with Crippen LogP contribution in [-0.2, 0) is 16.6 Å². The Kier molecular flexibility index (Phi) is 5.84. The molecule has 2 amide bonds. The Morgan fingerprint density at radius 3 is 2.24 bits per heavy atom. The summed E-state index contributed by atoms with van der Waals surface area (Å²) < 4.78 is 30.0. The van der Waals surface area contributed by atoms with Crippen molar-refractivity contribution in [1.82, 2.24) is 9.73 Å². The Labute approximate surface area is 190 Å². The standard InChI is InChI=1S/C23H19N3O6S/c1-32-21-12-16(8-11-20(21)27)13-24-25-33(30,31)17-9-6-15(7-10-17)14-26-22(28)18-4-2-3-5-19(18)23(26)29/h2-13,25,27H,14H2,1H3/b24-13+. The second-order valence-electron chi connectivity index (χ2n) is 7.17. The maximum absolute atomic E-state index is 12.5. The van der Waals surface area contributed by atoms with E-state index in [2.05, 4.69) is 9.93 Å². The molecular weight excluding hydrogens is 446 g/mol. The van der Waals surface area contributed by atoms with Gasteiger partial charge in [0, 0.05) is 0 Å². The van der Waals surface area contributed by atoms with Crippen molar-refractivity contribution in [3.63, 3.8) is 0 Å². The normalized spacial score (nSPS) is 13.4. The molecule has 0 unspecified atom stereocenters. The van der Waals surface area contributed by atoms with Crippen molar-refractivity contribution in [2.24, 2.45) is 5.10 Å². The van der Waals surface area contributed by atoms with Crippen LogP contribution in [0.4, 0.5) is 0 Å². The number of sulfonamides is 1. The highest BCUT2D eigenvalue weighted by molar-refractivity contribution is 7.89. The van der Waals surface area contributed by atoms with Crippen LogP contribution in [0.25, 0.3) is 0 Å². The van der Waals surface area contributed by atoms with E-state index < -0.39 is 10.0 Å². The maximum Gasteiger partial charge on any atom is 0.276 e. The second-order valence-corrected chi connectivity index (χ2v) is 8.83. The van der Waals surface area contributed by atoms with Gasteiger partial charge in [0.2, 0.25) is 0 Å². The first-order valence-electron chi connectivity index (χ1n) is 9.76. The minimum Gasteiger partial charge on any atom is -0.504 e. The van der Waals surface area contributed by atoms with Crippen molar-refractivity contribution < 1.29 is 27.9 Å². The van der Waals surface area contributed by atoms with Crippen LogP contribution < -0.4 is 9.57 Å².